The van der Waals surface area contributed by atoms with E-state index in [1.807, 2.05) is 6.92 Å². The highest BCUT2D eigenvalue weighted by molar-refractivity contribution is 5.73. The molecule has 0 radical (unpaired) electrons. The second-order valence-corrected chi connectivity index (χ2v) is 4.38. The number of rotatable bonds is 7. The van der Waals surface area contributed by atoms with Crippen molar-refractivity contribution in [3.63, 3.8) is 0 Å². The van der Waals surface area contributed by atoms with E-state index < -0.39 is 12.0 Å². The third-order valence-corrected chi connectivity index (χ3v) is 3.10. The first-order valence-corrected chi connectivity index (χ1v) is 6.31. The predicted octanol–water partition coefficient (Wildman–Crippen LogP) is 1.79. The van der Waals surface area contributed by atoms with E-state index in [2.05, 4.69) is 5.32 Å². The van der Waals surface area contributed by atoms with E-state index in [4.69, 9.17) is 9.84 Å². The fourth-order valence-corrected chi connectivity index (χ4v) is 2.10. The molecule has 0 amide bonds. The van der Waals surface area contributed by atoms with Gasteiger partial charge in [-0.2, -0.15) is 0 Å². The van der Waals surface area contributed by atoms with Gasteiger partial charge < -0.3 is 15.2 Å². The Hall–Kier alpha value is -0.610. The third kappa shape index (κ3) is 4.94. The van der Waals surface area contributed by atoms with Crippen LogP contribution in [0.15, 0.2) is 0 Å². The lowest BCUT2D eigenvalue weighted by molar-refractivity contribution is -0.139. The first-order chi connectivity index (χ1) is 7.74. The molecule has 0 heterocycles. The molecule has 1 aliphatic rings. The molecule has 0 aliphatic heterocycles. The van der Waals surface area contributed by atoms with Crippen molar-refractivity contribution >= 4 is 5.97 Å². The average molecular weight is 229 g/mol. The van der Waals surface area contributed by atoms with E-state index in [9.17, 15) is 4.79 Å². The maximum absolute atomic E-state index is 10.7. The fraction of sp³-hybridized carbons (Fsp3) is 0.917. The average Bonchev–Trinajstić information content (AvgIpc) is 2.30. The molecule has 94 valence electrons. The smallest absolute Gasteiger partial charge is 0.320 e. The van der Waals surface area contributed by atoms with Crippen molar-refractivity contribution in [1.29, 1.82) is 0 Å². The van der Waals surface area contributed by atoms with Gasteiger partial charge >= 0.3 is 5.97 Å². The van der Waals surface area contributed by atoms with Gasteiger partial charge in [0.25, 0.3) is 0 Å². The summed E-state index contributed by atoms with van der Waals surface area (Å²) in [6, 6.07) is -0.435. The van der Waals surface area contributed by atoms with Gasteiger partial charge in [0.2, 0.25) is 0 Å². The monoisotopic (exact) mass is 229 g/mol. The van der Waals surface area contributed by atoms with Crippen LogP contribution in [0.4, 0.5) is 0 Å². The molecule has 1 saturated carbocycles. The number of aliphatic carboxylic acids is 1. The van der Waals surface area contributed by atoms with E-state index in [0.29, 0.717) is 25.7 Å². The van der Waals surface area contributed by atoms with Gasteiger partial charge in [0.05, 0.1) is 12.7 Å². The number of nitrogens with one attached hydrogen (secondary N) is 1. The Morgan fingerprint density at radius 1 is 1.44 bits per heavy atom. The highest BCUT2D eigenvalue weighted by Gasteiger charge is 2.15. The zero-order valence-electron chi connectivity index (χ0n) is 10.1. The second-order valence-electron chi connectivity index (χ2n) is 4.38. The summed E-state index contributed by atoms with van der Waals surface area (Å²) in [4.78, 5) is 10.7. The highest BCUT2D eigenvalue weighted by Crippen LogP contribution is 2.19. The first kappa shape index (κ1) is 13.5. The minimum absolute atomic E-state index is 0.403. The standard InChI is InChI=1S/C12H23NO3/c1-2-11(12(14)15)13-8-9-16-10-6-4-3-5-7-10/h10-11,13H,2-9H2,1H3,(H,14,15). The van der Waals surface area contributed by atoms with Crippen LogP contribution in [-0.2, 0) is 9.53 Å². The van der Waals surface area contributed by atoms with Crippen molar-refractivity contribution in [1.82, 2.24) is 5.32 Å². The van der Waals surface area contributed by atoms with Crippen LogP contribution in [0.25, 0.3) is 0 Å². The fourth-order valence-electron chi connectivity index (χ4n) is 2.10. The van der Waals surface area contributed by atoms with Gasteiger partial charge in [0.15, 0.2) is 0 Å². The molecule has 0 aromatic carbocycles. The van der Waals surface area contributed by atoms with Crippen molar-refractivity contribution in [2.45, 2.75) is 57.6 Å². The molecule has 0 saturated heterocycles. The number of carboxylic acids is 1. The molecule has 1 fully saturated rings. The normalized spacial score (nSPS) is 19.6. The minimum atomic E-state index is -0.778. The van der Waals surface area contributed by atoms with Crippen molar-refractivity contribution in [3.05, 3.63) is 0 Å². The zero-order chi connectivity index (χ0) is 11.8. The summed E-state index contributed by atoms with van der Waals surface area (Å²) in [6.07, 6.45) is 7.20. The second kappa shape index (κ2) is 7.63. The zero-order valence-corrected chi connectivity index (χ0v) is 10.1. The SMILES string of the molecule is CCC(NCCOC1CCCCC1)C(=O)O. The van der Waals surface area contributed by atoms with E-state index in [1.54, 1.807) is 0 Å². The van der Waals surface area contributed by atoms with Gasteiger partial charge in [0.1, 0.15) is 6.04 Å². The van der Waals surface area contributed by atoms with Crippen LogP contribution in [-0.4, -0.2) is 36.4 Å². The van der Waals surface area contributed by atoms with Gasteiger partial charge in [-0.1, -0.05) is 26.2 Å². The summed E-state index contributed by atoms with van der Waals surface area (Å²) in [6.45, 7) is 3.11. The molecule has 16 heavy (non-hydrogen) atoms. The van der Waals surface area contributed by atoms with Gasteiger partial charge in [-0.3, -0.25) is 4.79 Å². The molecule has 0 aromatic heterocycles. The van der Waals surface area contributed by atoms with Gasteiger partial charge in [-0.05, 0) is 19.3 Å². The molecule has 2 N–H and O–H groups in total. The summed E-state index contributed by atoms with van der Waals surface area (Å²) in [5.41, 5.74) is 0. The Balaban J connectivity index is 2.03. The van der Waals surface area contributed by atoms with Crippen LogP contribution in [0.5, 0.6) is 0 Å². The summed E-state index contributed by atoms with van der Waals surface area (Å²) >= 11 is 0. The lowest BCUT2D eigenvalue weighted by Gasteiger charge is -2.22. The molecule has 1 rings (SSSR count). The molecule has 0 bridgehead atoms. The van der Waals surface area contributed by atoms with Crippen molar-refractivity contribution in [2.75, 3.05) is 13.2 Å². The first-order valence-electron chi connectivity index (χ1n) is 6.31. The number of carboxylic acid groups (broad SMARTS) is 1. The van der Waals surface area contributed by atoms with Gasteiger partial charge in [-0.15, -0.1) is 0 Å². The van der Waals surface area contributed by atoms with Crippen LogP contribution >= 0.6 is 0 Å². The van der Waals surface area contributed by atoms with E-state index in [0.717, 1.165) is 12.8 Å². The lowest BCUT2D eigenvalue weighted by Crippen LogP contribution is -2.38. The molecule has 1 unspecified atom stereocenters. The highest BCUT2D eigenvalue weighted by atomic mass is 16.5. The Kier molecular flexibility index (Phi) is 6.42. The molecule has 4 nitrogen and oxygen atoms in total. The summed E-state index contributed by atoms with van der Waals surface area (Å²) in [5.74, 6) is -0.778. The summed E-state index contributed by atoms with van der Waals surface area (Å²) < 4.78 is 5.70. The maximum Gasteiger partial charge on any atom is 0.320 e. The van der Waals surface area contributed by atoms with E-state index >= 15 is 0 Å². The predicted molar refractivity (Wildman–Crippen MR) is 62.5 cm³/mol. The van der Waals surface area contributed by atoms with Gasteiger partial charge in [0, 0.05) is 6.54 Å². The van der Waals surface area contributed by atoms with Crippen LogP contribution in [0.3, 0.4) is 0 Å². The third-order valence-electron chi connectivity index (χ3n) is 3.10. The lowest BCUT2D eigenvalue weighted by atomic mass is 9.98. The minimum Gasteiger partial charge on any atom is -0.480 e. The van der Waals surface area contributed by atoms with Crippen LogP contribution in [0, 0.1) is 0 Å². The van der Waals surface area contributed by atoms with Crippen molar-refractivity contribution in [2.24, 2.45) is 0 Å². The molecule has 4 heteroatoms. The Labute approximate surface area is 97.4 Å². The van der Waals surface area contributed by atoms with Crippen LogP contribution in [0.2, 0.25) is 0 Å². The van der Waals surface area contributed by atoms with Crippen LogP contribution in [0.1, 0.15) is 45.4 Å². The molecular formula is C12H23NO3. The molecule has 0 aromatic rings. The van der Waals surface area contributed by atoms with E-state index in [-0.39, 0.29) is 0 Å². The van der Waals surface area contributed by atoms with Crippen LogP contribution < -0.4 is 5.32 Å². The molecular weight excluding hydrogens is 206 g/mol. The van der Waals surface area contributed by atoms with E-state index in [1.165, 1.54) is 19.3 Å². The summed E-state index contributed by atoms with van der Waals surface area (Å²) in [7, 11) is 0. The Bertz CT molecular complexity index is 202. The number of hydrogen-bond acceptors (Lipinski definition) is 3. The maximum atomic E-state index is 10.7. The molecule has 0 spiro atoms. The quantitative estimate of drug-likeness (QED) is 0.653. The number of ether oxygens (including phenoxy) is 1. The van der Waals surface area contributed by atoms with Crippen molar-refractivity contribution < 1.29 is 14.6 Å². The topological polar surface area (TPSA) is 58.6 Å². The molecule has 1 aliphatic carbocycles. The number of carbonyl (C=O) groups is 1. The largest absolute Gasteiger partial charge is 0.480 e. The Morgan fingerprint density at radius 2 is 2.12 bits per heavy atom. The summed E-state index contributed by atoms with van der Waals surface area (Å²) in [5, 5.41) is 11.8. The van der Waals surface area contributed by atoms with Crippen molar-refractivity contribution in [3.8, 4) is 0 Å². The Morgan fingerprint density at radius 3 is 2.69 bits per heavy atom. The van der Waals surface area contributed by atoms with Gasteiger partial charge in [-0.25, -0.2) is 0 Å². The molecule has 1 atom stereocenters. The number of hydrogen-bond donors (Lipinski definition) is 2.